The van der Waals surface area contributed by atoms with Crippen LogP contribution in [0.15, 0.2) is 20.3 Å². The molecule has 1 aromatic rings. The van der Waals surface area contributed by atoms with Crippen molar-refractivity contribution < 1.29 is 0 Å². The maximum Gasteiger partial charge on any atom is 0.330 e. The highest BCUT2D eigenvalue weighted by molar-refractivity contribution is 9.10. The Bertz CT molecular complexity index is 399. The average Bonchev–Trinajstić information content (AvgIpc) is 2.15. The van der Waals surface area contributed by atoms with Gasteiger partial charge in [0.05, 0.1) is 4.47 Å². The molecular weight excluding hydrogens is 248 g/mol. The molecule has 0 aliphatic rings. The second-order valence-corrected chi connectivity index (χ2v) is 4.04. The fourth-order valence-electron chi connectivity index (χ4n) is 1.20. The van der Waals surface area contributed by atoms with E-state index in [9.17, 15) is 9.59 Å². The van der Waals surface area contributed by atoms with Crippen LogP contribution in [-0.2, 0) is 13.6 Å². The topological polar surface area (TPSA) is 44.0 Å². The van der Waals surface area contributed by atoms with Crippen LogP contribution in [0, 0.1) is 0 Å². The first kappa shape index (κ1) is 11.2. The first-order chi connectivity index (χ1) is 6.57. The van der Waals surface area contributed by atoms with Gasteiger partial charge in [-0.1, -0.05) is 13.3 Å². The Labute approximate surface area is 90.3 Å². The van der Waals surface area contributed by atoms with Crippen molar-refractivity contribution in [3.05, 3.63) is 31.5 Å². The third kappa shape index (κ3) is 2.15. The van der Waals surface area contributed by atoms with Crippen LogP contribution in [0.3, 0.4) is 0 Å². The van der Waals surface area contributed by atoms with Gasteiger partial charge in [-0.05, 0) is 22.4 Å². The van der Waals surface area contributed by atoms with Gasteiger partial charge in [0.15, 0.2) is 0 Å². The second-order valence-electron chi connectivity index (χ2n) is 3.18. The Morgan fingerprint density at radius 2 is 2.07 bits per heavy atom. The summed E-state index contributed by atoms with van der Waals surface area (Å²) in [5, 5.41) is 0. The fourth-order valence-corrected chi connectivity index (χ4v) is 1.72. The van der Waals surface area contributed by atoms with E-state index in [1.54, 1.807) is 7.05 Å². The molecule has 14 heavy (non-hydrogen) atoms. The average molecular weight is 261 g/mol. The number of rotatable bonds is 3. The van der Waals surface area contributed by atoms with E-state index in [1.165, 1.54) is 15.3 Å². The molecule has 1 heterocycles. The Hall–Kier alpha value is -0.840. The van der Waals surface area contributed by atoms with Crippen molar-refractivity contribution in [2.75, 3.05) is 0 Å². The molecule has 0 aliphatic carbocycles. The summed E-state index contributed by atoms with van der Waals surface area (Å²) in [4.78, 5) is 23.1. The van der Waals surface area contributed by atoms with Crippen LogP contribution >= 0.6 is 15.9 Å². The van der Waals surface area contributed by atoms with Crippen LogP contribution in [-0.4, -0.2) is 9.13 Å². The zero-order valence-electron chi connectivity index (χ0n) is 8.29. The van der Waals surface area contributed by atoms with Crippen molar-refractivity contribution >= 4 is 15.9 Å². The monoisotopic (exact) mass is 260 g/mol. The van der Waals surface area contributed by atoms with Gasteiger partial charge in [-0.2, -0.15) is 0 Å². The molecular formula is C9H13BrN2O2. The molecule has 1 aromatic heterocycles. The summed E-state index contributed by atoms with van der Waals surface area (Å²) in [7, 11) is 1.63. The lowest BCUT2D eigenvalue weighted by Gasteiger charge is -2.06. The van der Waals surface area contributed by atoms with Gasteiger partial charge in [0, 0.05) is 19.8 Å². The van der Waals surface area contributed by atoms with E-state index in [1.807, 2.05) is 6.92 Å². The number of aromatic nitrogens is 2. The molecule has 4 nitrogen and oxygen atoms in total. The van der Waals surface area contributed by atoms with Crippen LogP contribution in [0.1, 0.15) is 19.8 Å². The molecule has 0 radical (unpaired) electrons. The number of unbranched alkanes of at least 4 members (excludes halogenated alkanes) is 1. The van der Waals surface area contributed by atoms with Gasteiger partial charge in [-0.15, -0.1) is 0 Å². The van der Waals surface area contributed by atoms with E-state index in [4.69, 9.17) is 0 Å². The number of hydrogen-bond acceptors (Lipinski definition) is 2. The van der Waals surface area contributed by atoms with Crippen molar-refractivity contribution in [1.29, 1.82) is 0 Å². The normalized spacial score (nSPS) is 10.5. The maximum absolute atomic E-state index is 11.6. The van der Waals surface area contributed by atoms with E-state index in [0.717, 1.165) is 12.8 Å². The molecule has 0 fully saturated rings. The molecule has 0 amide bonds. The van der Waals surface area contributed by atoms with Crippen molar-refractivity contribution in [2.45, 2.75) is 26.3 Å². The third-order valence-corrected chi connectivity index (χ3v) is 2.57. The van der Waals surface area contributed by atoms with Gasteiger partial charge in [-0.3, -0.25) is 9.36 Å². The summed E-state index contributed by atoms with van der Waals surface area (Å²) in [5.74, 6) is 0. The molecule has 0 unspecified atom stereocenters. The lowest BCUT2D eigenvalue weighted by atomic mass is 10.3. The van der Waals surface area contributed by atoms with Crippen molar-refractivity contribution in [2.24, 2.45) is 7.05 Å². The van der Waals surface area contributed by atoms with E-state index in [0.29, 0.717) is 11.0 Å². The Morgan fingerprint density at radius 1 is 1.43 bits per heavy atom. The molecule has 78 valence electrons. The van der Waals surface area contributed by atoms with Gasteiger partial charge in [0.25, 0.3) is 5.56 Å². The zero-order valence-corrected chi connectivity index (χ0v) is 9.87. The van der Waals surface area contributed by atoms with Gasteiger partial charge in [0.1, 0.15) is 0 Å². The SMILES string of the molecule is CCCCn1c(=O)c(Br)cn(C)c1=O. The molecule has 0 aliphatic heterocycles. The predicted molar refractivity (Wildman–Crippen MR) is 58.6 cm³/mol. The maximum atomic E-state index is 11.6. The molecule has 0 aromatic carbocycles. The Kier molecular flexibility index (Phi) is 3.69. The van der Waals surface area contributed by atoms with E-state index >= 15 is 0 Å². The smallest absolute Gasteiger partial charge is 0.302 e. The van der Waals surface area contributed by atoms with E-state index in [2.05, 4.69) is 15.9 Å². The quantitative estimate of drug-likeness (QED) is 0.818. The fraction of sp³-hybridized carbons (Fsp3) is 0.556. The number of aryl methyl sites for hydroxylation is 1. The van der Waals surface area contributed by atoms with Gasteiger partial charge < -0.3 is 4.57 Å². The van der Waals surface area contributed by atoms with E-state index < -0.39 is 0 Å². The minimum Gasteiger partial charge on any atom is -0.302 e. The molecule has 0 spiro atoms. The first-order valence-corrected chi connectivity index (χ1v) is 5.33. The molecule has 0 bridgehead atoms. The molecule has 5 heteroatoms. The van der Waals surface area contributed by atoms with Crippen LogP contribution in [0.5, 0.6) is 0 Å². The van der Waals surface area contributed by atoms with Crippen LogP contribution in [0.25, 0.3) is 0 Å². The Balaban J connectivity index is 3.26. The van der Waals surface area contributed by atoms with Crippen molar-refractivity contribution in [3.63, 3.8) is 0 Å². The highest BCUT2D eigenvalue weighted by Gasteiger charge is 2.06. The van der Waals surface area contributed by atoms with Crippen LogP contribution < -0.4 is 11.2 Å². The lowest BCUT2D eigenvalue weighted by molar-refractivity contribution is 0.554. The van der Waals surface area contributed by atoms with Gasteiger partial charge >= 0.3 is 5.69 Å². The number of nitrogens with zero attached hydrogens (tertiary/aromatic N) is 2. The highest BCUT2D eigenvalue weighted by Crippen LogP contribution is 1.98. The molecule has 1 rings (SSSR count). The number of hydrogen-bond donors (Lipinski definition) is 0. The first-order valence-electron chi connectivity index (χ1n) is 4.54. The van der Waals surface area contributed by atoms with Crippen molar-refractivity contribution in [3.8, 4) is 0 Å². The minimum absolute atomic E-state index is 0.249. The van der Waals surface area contributed by atoms with Gasteiger partial charge in [0.2, 0.25) is 0 Å². The summed E-state index contributed by atoms with van der Waals surface area (Å²) in [6.45, 7) is 2.51. The van der Waals surface area contributed by atoms with E-state index in [-0.39, 0.29) is 11.2 Å². The largest absolute Gasteiger partial charge is 0.330 e. The molecule has 0 saturated carbocycles. The minimum atomic E-state index is -0.258. The third-order valence-electron chi connectivity index (χ3n) is 2.02. The Morgan fingerprint density at radius 3 is 2.64 bits per heavy atom. The standard InChI is InChI=1S/C9H13BrN2O2/c1-3-4-5-12-8(13)7(10)6-11(2)9(12)14/h6H,3-5H2,1-2H3. The van der Waals surface area contributed by atoms with Crippen LogP contribution in [0.4, 0.5) is 0 Å². The molecule has 0 saturated heterocycles. The lowest BCUT2D eigenvalue weighted by Crippen LogP contribution is -2.38. The summed E-state index contributed by atoms with van der Waals surface area (Å²) in [6.07, 6.45) is 3.29. The molecule has 0 N–H and O–H groups in total. The molecule has 0 atom stereocenters. The summed E-state index contributed by atoms with van der Waals surface area (Å²) in [6, 6.07) is 0. The summed E-state index contributed by atoms with van der Waals surface area (Å²) >= 11 is 3.13. The highest BCUT2D eigenvalue weighted by atomic mass is 79.9. The van der Waals surface area contributed by atoms with Gasteiger partial charge in [-0.25, -0.2) is 4.79 Å². The van der Waals surface area contributed by atoms with Crippen molar-refractivity contribution in [1.82, 2.24) is 9.13 Å². The second kappa shape index (κ2) is 4.59. The summed E-state index contributed by atoms with van der Waals surface area (Å²) < 4.78 is 3.09. The number of halogens is 1. The predicted octanol–water partition coefficient (Wildman–Crippen LogP) is 1.11. The van der Waals surface area contributed by atoms with Crippen LogP contribution in [0.2, 0.25) is 0 Å². The summed E-state index contributed by atoms with van der Waals surface area (Å²) in [5.41, 5.74) is -0.506. The zero-order chi connectivity index (χ0) is 10.7.